The van der Waals surface area contributed by atoms with Crippen LogP contribution in [0.3, 0.4) is 0 Å². The Kier molecular flexibility index (Phi) is 8.08. The van der Waals surface area contributed by atoms with E-state index in [1.807, 2.05) is 0 Å². The largest absolute Gasteiger partial charge is 0.381 e. The summed E-state index contributed by atoms with van der Waals surface area (Å²) in [6, 6.07) is 47.1. The van der Waals surface area contributed by atoms with E-state index in [0.29, 0.717) is 0 Å². The Morgan fingerprint density at radius 2 is 0.958 bits per heavy atom. The molecule has 0 bridgehead atoms. The molecule has 0 spiro atoms. The average Bonchev–Trinajstić information content (AvgIpc) is 3.63. The van der Waals surface area contributed by atoms with Gasteiger partial charge < -0.3 is 13.9 Å². The second kappa shape index (κ2) is 12.8. The van der Waals surface area contributed by atoms with Crippen molar-refractivity contribution < 1.29 is 4.74 Å². The van der Waals surface area contributed by atoms with Crippen LogP contribution in [0.2, 0.25) is 0 Å². The topological polar surface area (TPSA) is 19.1 Å². The van der Waals surface area contributed by atoms with Gasteiger partial charge in [-0.25, -0.2) is 0 Å². The van der Waals surface area contributed by atoms with Crippen molar-refractivity contribution in [3.63, 3.8) is 0 Å². The molecule has 48 heavy (non-hydrogen) atoms. The predicted molar refractivity (Wildman–Crippen MR) is 204 cm³/mol. The van der Waals surface area contributed by atoms with Crippen LogP contribution in [0.5, 0.6) is 0 Å². The number of hydrogen-bond acceptors (Lipinski definition) is 1. The van der Waals surface area contributed by atoms with Gasteiger partial charge >= 0.3 is 0 Å². The molecule has 6 aromatic carbocycles. The fraction of sp³-hybridized carbons (Fsp3) is 0.200. The zero-order chi connectivity index (χ0) is 32.6. The molecule has 8 aromatic rings. The summed E-state index contributed by atoms with van der Waals surface area (Å²) in [7, 11) is 0. The van der Waals surface area contributed by atoms with Crippen molar-refractivity contribution in [1.82, 2.24) is 9.13 Å². The molecule has 0 saturated carbocycles. The Hall–Kier alpha value is -5.12. The number of nitrogens with zero attached hydrogens (tertiary/aromatic N) is 2. The maximum Gasteiger partial charge on any atom is 0.0541 e. The Morgan fingerprint density at radius 3 is 1.48 bits per heavy atom. The summed E-state index contributed by atoms with van der Waals surface area (Å²) < 4.78 is 10.6. The lowest BCUT2D eigenvalue weighted by Gasteiger charge is -2.16. The van der Waals surface area contributed by atoms with E-state index < -0.39 is 0 Å². The van der Waals surface area contributed by atoms with Crippen molar-refractivity contribution in [2.24, 2.45) is 0 Å². The summed E-state index contributed by atoms with van der Waals surface area (Å²) in [6.07, 6.45) is 4.40. The number of ether oxygens (including phenoxy) is 1. The first-order valence-corrected chi connectivity index (χ1v) is 17.4. The fourth-order valence-corrected chi connectivity index (χ4v) is 7.56. The Labute approximate surface area is 283 Å². The van der Waals surface area contributed by atoms with E-state index in [9.17, 15) is 0 Å². The third kappa shape index (κ3) is 5.29. The molecule has 2 heterocycles. The van der Waals surface area contributed by atoms with E-state index in [2.05, 4.69) is 157 Å². The first-order chi connectivity index (χ1) is 23.6. The van der Waals surface area contributed by atoms with E-state index in [0.717, 1.165) is 32.5 Å². The monoisotopic (exact) mass is 626 g/mol. The average molecular weight is 627 g/mol. The number of para-hydroxylation sites is 3. The van der Waals surface area contributed by atoms with Gasteiger partial charge in [-0.05, 0) is 116 Å². The van der Waals surface area contributed by atoms with Crippen molar-refractivity contribution in [3.8, 4) is 22.5 Å². The van der Waals surface area contributed by atoms with E-state index in [4.69, 9.17) is 4.74 Å². The molecule has 0 unspecified atom stereocenters. The highest BCUT2D eigenvalue weighted by molar-refractivity contribution is 6.10. The van der Waals surface area contributed by atoms with Gasteiger partial charge in [0.1, 0.15) is 0 Å². The maximum atomic E-state index is 5.82. The zero-order valence-corrected chi connectivity index (χ0v) is 28.2. The number of aromatic nitrogens is 2. The molecule has 2 aromatic heterocycles. The smallest absolute Gasteiger partial charge is 0.0541 e. The first kappa shape index (κ1) is 30.2. The molecule has 0 N–H and O–H groups in total. The van der Waals surface area contributed by atoms with E-state index >= 15 is 0 Å². The fourth-order valence-electron chi connectivity index (χ4n) is 7.56. The number of benzene rings is 6. The molecule has 3 heteroatoms. The van der Waals surface area contributed by atoms with E-state index in [1.165, 1.54) is 89.2 Å². The van der Waals surface area contributed by atoms with E-state index in [-0.39, 0.29) is 0 Å². The van der Waals surface area contributed by atoms with Gasteiger partial charge in [0.25, 0.3) is 0 Å². The molecule has 0 fully saturated rings. The molecule has 0 amide bonds. The van der Waals surface area contributed by atoms with Crippen LogP contribution in [0.15, 0.2) is 127 Å². The highest BCUT2D eigenvalue weighted by Gasteiger charge is 2.16. The van der Waals surface area contributed by atoms with Crippen LogP contribution in [0.1, 0.15) is 42.9 Å². The van der Waals surface area contributed by atoms with Crippen molar-refractivity contribution in [3.05, 3.63) is 144 Å². The molecular formula is C45H42N2O. The van der Waals surface area contributed by atoms with Gasteiger partial charge in [0.2, 0.25) is 0 Å². The lowest BCUT2D eigenvalue weighted by molar-refractivity contribution is 0.129. The van der Waals surface area contributed by atoms with Crippen molar-refractivity contribution in [1.29, 1.82) is 0 Å². The minimum Gasteiger partial charge on any atom is -0.381 e. The molecule has 8 rings (SSSR count). The van der Waals surface area contributed by atoms with Crippen LogP contribution in [-0.4, -0.2) is 22.3 Å². The Bertz CT molecular complexity index is 2370. The van der Waals surface area contributed by atoms with Gasteiger partial charge in [-0.15, -0.1) is 0 Å². The van der Waals surface area contributed by atoms with E-state index in [1.54, 1.807) is 0 Å². The standard InChI is InChI=1S/C45H42N2O/c1-4-5-26-48-27-12-13-33-20-25-45-41(30-33)40-16-8-11-19-44(40)47(45)35-22-24-37(32(3)29-35)36-23-21-34(28-31(36)2)46-42-17-9-6-14-38(42)39-15-7-10-18-43(39)46/h6-11,14-25,28-30H,4-5,12-13,26-27H2,1-3H3. The highest BCUT2D eigenvalue weighted by Crippen LogP contribution is 2.37. The SMILES string of the molecule is CCCCOCCCc1ccc2c(c1)c1ccccc1n2-c1ccc(-c2ccc(-n3c4ccccc4c4ccccc43)cc2C)c(C)c1. The van der Waals surface area contributed by atoms with Gasteiger partial charge in [-0.3, -0.25) is 0 Å². The molecule has 3 nitrogen and oxygen atoms in total. The molecule has 0 aliphatic rings. The van der Waals surface area contributed by atoms with Crippen LogP contribution in [0, 0.1) is 13.8 Å². The molecule has 238 valence electrons. The molecule has 0 saturated heterocycles. The Balaban J connectivity index is 1.13. The summed E-state index contributed by atoms with van der Waals surface area (Å²) >= 11 is 0. The van der Waals surface area contributed by atoms with Crippen LogP contribution < -0.4 is 0 Å². The summed E-state index contributed by atoms with van der Waals surface area (Å²) in [5.41, 5.74) is 13.8. The molecule has 0 aliphatic carbocycles. The number of rotatable bonds is 10. The number of hydrogen-bond donors (Lipinski definition) is 0. The third-order valence-corrected chi connectivity index (χ3v) is 9.94. The number of unbranched alkanes of at least 4 members (excludes halogenated alkanes) is 1. The van der Waals surface area contributed by atoms with Crippen molar-refractivity contribution >= 4 is 43.6 Å². The maximum absolute atomic E-state index is 5.82. The van der Waals surface area contributed by atoms with Crippen LogP contribution in [0.25, 0.3) is 66.1 Å². The van der Waals surface area contributed by atoms with Gasteiger partial charge in [0.05, 0.1) is 22.1 Å². The normalized spacial score (nSPS) is 11.8. The highest BCUT2D eigenvalue weighted by atomic mass is 16.5. The predicted octanol–water partition coefficient (Wildman–Crippen LogP) is 11.9. The minimum atomic E-state index is 0.827. The summed E-state index contributed by atoms with van der Waals surface area (Å²) in [5, 5.41) is 5.19. The van der Waals surface area contributed by atoms with Crippen LogP contribution >= 0.6 is 0 Å². The van der Waals surface area contributed by atoms with Crippen LogP contribution in [0.4, 0.5) is 0 Å². The third-order valence-electron chi connectivity index (χ3n) is 9.94. The molecule has 0 atom stereocenters. The van der Waals surface area contributed by atoms with Gasteiger partial charge in [-0.1, -0.05) is 86.1 Å². The summed E-state index contributed by atoms with van der Waals surface area (Å²) in [4.78, 5) is 0. The lowest BCUT2D eigenvalue weighted by Crippen LogP contribution is -1.99. The van der Waals surface area contributed by atoms with Gasteiger partial charge in [-0.2, -0.15) is 0 Å². The zero-order valence-electron chi connectivity index (χ0n) is 28.2. The van der Waals surface area contributed by atoms with Crippen LogP contribution in [-0.2, 0) is 11.2 Å². The quantitative estimate of drug-likeness (QED) is 0.138. The summed E-state index contributed by atoms with van der Waals surface area (Å²) in [6.45, 7) is 8.39. The molecule has 0 aliphatic heterocycles. The second-order valence-corrected chi connectivity index (χ2v) is 13.1. The second-order valence-electron chi connectivity index (χ2n) is 13.1. The lowest BCUT2D eigenvalue weighted by atomic mass is 9.95. The molecular weight excluding hydrogens is 585 g/mol. The first-order valence-electron chi connectivity index (χ1n) is 17.4. The van der Waals surface area contributed by atoms with Gasteiger partial charge in [0, 0.05) is 46.1 Å². The number of aryl methyl sites for hydroxylation is 3. The Morgan fingerprint density at radius 1 is 0.479 bits per heavy atom. The minimum absolute atomic E-state index is 0.827. The number of fused-ring (bicyclic) bond motifs is 6. The van der Waals surface area contributed by atoms with Crippen molar-refractivity contribution in [2.45, 2.75) is 46.5 Å². The van der Waals surface area contributed by atoms with Crippen molar-refractivity contribution in [2.75, 3.05) is 13.2 Å². The summed E-state index contributed by atoms with van der Waals surface area (Å²) in [5.74, 6) is 0. The van der Waals surface area contributed by atoms with Gasteiger partial charge in [0.15, 0.2) is 0 Å². The molecule has 0 radical (unpaired) electrons.